The van der Waals surface area contributed by atoms with Gasteiger partial charge in [-0.2, -0.15) is 0 Å². The van der Waals surface area contributed by atoms with Crippen molar-refractivity contribution in [2.24, 2.45) is 0 Å². The molecule has 0 bridgehead atoms. The van der Waals surface area contributed by atoms with Gasteiger partial charge in [0.05, 0.1) is 21.6 Å². The normalized spacial score (nSPS) is 11.0. The molecule has 0 aliphatic rings. The number of hydrogen-bond donors (Lipinski definition) is 2. The van der Waals surface area contributed by atoms with Crippen molar-refractivity contribution in [2.75, 3.05) is 11.6 Å². The maximum absolute atomic E-state index is 11.9. The van der Waals surface area contributed by atoms with Crippen LogP contribution in [0.25, 0.3) is 0 Å². The summed E-state index contributed by atoms with van der Waals surface area (Å²) in [4.78, 5) is 12.5. The third-order valence-corrected chi connectivity index (χ3v) is 4.43. The highest BCUT2D eigenvalue weighted by molar-refractivity contribution is 7.99. The Balaban J connectivity index is 2.30. The van der Waals surface area contributed by atoms with Crippen LogP contribution in [0.1, 0.15) is 37.0 Å². The molecule has 0 unspecified atom stereocenters. The van der Waals surface area contributed by atoms with Crippen molar-refractivity contribution >= 4 is 35.0 Å². The van der Waals surface area contributed by atoms with Gasteiger partial charge in [-0.15, -0.1) is 10.2 Å². The number of esters is 1. The van der Waals surface area contributed by atoms with Crippen LogP contribution in [-0.2, 0) is 11.2 Å². The lowest BCUT2D eigenvalue weighted by molar-refractivity contribution is 0.0378. The van der Waals surface area contributed by atoms with Gasteiger partial charge in [-0.05, 0) is 37.7 Å². The van der Waals surface area contributed by atoms with Crippen molar-refractivity contribution in [3.8, 4) is 0 Å². The molecule has 0 saturated heterocycles. The molecule has 0 radical (unpaired) electrons. The molecule has 9 heteroatoms. The molecule has 2 rings (SSSR count). The zero-order chi connectivity index (χ0) is 17.1. The molecule has 23 heavy (non-hydrogen) atoms. The first-order chi connectivity index (χ1) is 10.8. The number of benzene rings is 1. The molecule has 1 aromatic carbocycles. The summed E-state index contributed by atoms with van der Waals surface area (Å²) in [6, 6.07) is 3.04. The molecular weight excluding hydrogens is 338 g/mol. The summed E-state index contributed by atoms with van der Waals surface area (Å²) in [5.74, 6) is 6.09. The van der Waals surface area contributed by atoms with Crippen molar-refractivity contribution in [3.05, 3.63) is 28.5 Å². The van der Waals surface area contributed by atoms with Gasteiger partial charge in [0, 0.05) is 12.1 Å². The highest BCUT2D eigenvalue weighted by atomic mass is 35.5. The Kier molecular flexibility index (Phi) is 5.38. The number of nitrogens with zero attached hydrogens (tertiary/aromatic N) is 3. The zero-order valence-corrected chi connectivity index (χ0v) is 14.6. The number of ether oxygens (including phenoxy) is 1. The summed E-state index contributed by atoms with van der Waals surface area (Å²) >= 11 is 7.44. The van der Waals surface area contributed by atoms with Gasteiger partial charge in [0.15, 0.2) is 5.82 Å². The molecule has 0 amide bonds. The summed E-state index contributed by atoms with van der Waals surface area (Å²) in [7, 11) is 0. The van der Waals surface area contributed by atoms with Crippen molar-refractivity contribution in [1.29, 1.82) is 0 Å². The minimum absolute atomic E-state index is 0.222. The van der Waals surface area contributed by atoms with Gasteiger partial charge in [0.25, 0.3) is 0 Å². The van der Waals surface area contributed by atoms with Crippen LogP contribution in [0.15, 0.2) is 22.2 Å². The minimum atomic E-state index is -0.472. The molecule has 0 fully saturated rings. The number of halogens is 1. The third-order valence-electron chi connectivity index (χ3n) is 2.90. The van der Waals surface area contributed by atoms with E-state index in [1.807, 2.05) is 6.92 Å². The Morgan fingerprint density at radius 3 is 2.65 bits per heavy atom. The van der Waals surface area contributed by atoms with Gasteiger partial charge in [-0.1, -0.05) is 18.5 Å². The van der Waals surface area contributed by atoms with Crippen molar-refractivity contribution in [3.63, 3.8) is 0 Å². The van der Waals surface area contributed by atoms with Gasteiger partial charge in [0.1, 0.15) is 0 Å². The van der Waals surface area contributed by atoms with E-state index < -0.39 is 5.97 Å². The van der Waals surface area contributed by atoms with E-state index in [1.165, 1.54) is 28.6 Å². The Labute approximate surface area is 143 Å². The van der Waals surface area contributed by atoms with Gasteiger partial charge in [-0.3, -0.25) is 0 Å². The maximum atomic E-state index is 11.9. The van der Waals surface area contributed by atoms with Crippen molar-refractivity contribution in [1.82, 2.24) is 14.9 Å². The van der Waals surface area contributed by atoms with E-state index in [9.17, 15) is 4.79 Å². The lowest BCUT2D eigenvalue weighted by Crippen LogP contribution is -2.13. The standard InChI is InChI=1S/C14H18ClN5O2S/c1-4-11-18-19-14(20(11)17)23-12-9(15)5-8(6-10(12)16)13(21)22-7(2)3/h5-7H,4,16-17H2,1-3H3. The number of anilines is 1. The first-order valence-corrected chi connectivity index (χ1v) is 8.20. The Hall–Kier alpha value is -1.93. The van der Waals surface area contributed by atoms with Crippen LogP contribution in [-0.4, -0.2) is 26.9 Å². The molecule has 0 aliphatic carbocycles. The second-order valence-electron chi connectivity index (χ2n) is 5.05. The molecule has 1 heterocycles. The quantitative estimate of drug-likeness (QED) is 0.481. The second kappa shape index (κ2) is 7.10. The molecule has 2 aromatic rings. The summed E-state index contributed by atoms with van der Waals surface area (Å²) < 4.78 is 6.53. The van der Waals surface area contributed by atoms with E-state index in [0.29, 0.717) is 38.6 Å². The number of aromatic nitrogens is 3. The summed E-state index contributed by atoms with van der Waals surface area (Å²) in [6.45, 7) is 5.47. The van der Waals surface area contributed by atoms with Gasteiger partial charge >= 0.3 is 5.97 Å². The molecule has 124 valence electrons. The number of nitrogens with two attached hydrogens (primary N) is 2. The topological polar surface area (TPSA) is 109 Å². The molecule has 0 aliphatic heterocycles. The van der Waals surface area contributed by atoms with E-state index in [4.69, 9.17) is 27.9 Å². The van der Waals surface area contributed by atoms with E-state index in [1.54, 1.807) is 13.8 Å². The van der Waals surface area contributed by atoms with Crippen LogP contribution in [0.4, 0.5) is 5.69 Å². The van der Waals surface area contributed by atoms with E-state index in [-0.39, 0.29) is 6.10 Å². The van der Waals surface area contributed by atoms with E-state index >= 15 is 0 Å². The van der Waals surface area contributed by atoms with Crippen LogP contribution < -0.4 is 11.6 Å². The molecule has 0 atom stereocenters. The average Bonchev–Trinajstić information content (AvgIpc) is 2.82. The Bertz CT molecular complexity index is 709. The monoisotopic (exact) mass is 355 g/mol. The van der Waals surface area contributed by atoms with Crippen LogP contribution in [0, 0.1) is 0 Å². The zero-order valence-electron chi connectivity index (χ0n) is 13.0. The fourth-order valence-corrected chi connectivity index (χ4v) is 2.98. The minimum Gasteiger partial charge on any atom is -0.459 e. The maximum Gasteiger partial charge on any atom is 0.338 e. The molecule has 4 N–H and O–H groups in total. The SMILES string of the molecule is CCc1nnc(Sc2c(N)cc(C(=O)OC(C)C)cc2Cl)n1N. The largest absolute Gasteiger partial charge is 0.459 e. The van der Waals surface area contributed by atoms with Crippen LogP contribution in [0.3, 0.4) is 0 Å². The number of rotatable bonds is 5. The van der Waals surface area contributed by atoms with Gasteiger partial charge < -0.3 is 16.3 Å². The predicted molar refractivity (Wildman–Crippen MR) is 90.1 cm³/mol. The summed E-state index contributed by atoms with van der Waals surface area (Å²) in [5.41, 5.74) is 6.66. The molecular formula is C14H18ClN5O2S. The third kappa shape index (κ3) is 3.89. The van der Waals surface area contributed by atoms with Crippen molar-refractivity contribution < 1.29 is 9.53 Å². The smallest absolute Gasteiger partial charge is 0.338 e. The highest BCUT2D eigenvalue weighted by Crippen LogP contribution is 2.37. The first kappa shape index (κ1) is 17.4. The fraction of sp³-hybridized carbons (Fsp3) is 0.357. The average molecular weight is 356 g/mol. The summed E-state index contributed by atoms with van der Waals surface area (Å²) in [5, 5.41) is 8.77. The fourth-order valence-electron chi connectivity index (χ4n) is 1.83. The molecule has 1 aromatic heterocycles. The highest BCUT2D eigenvalue weighted by Gasteiger charge is 2.18. The van der Waals surface area contributed by atoms with Crippen LogP contribution in [0.5, 0.6) is 0 Å². The van der Waals surface area contributed by atoms with E-state index in [2.05, 4.69) is 10.2 Å². The first-order valence-electron chi connectivity index (χ1n) is 7.00. The van der Waals surface area contributed by atoms with Gasteiger partial charge in [0.2, 0.25) is 5.16 Å². The predicted octanol–water partition coefficient (Wildman–Crippen LogP) is 2.51. The number of carbonyl (C=O) groups is 1. The Morgan fingerprint density at radius 1 is 1.43 bits per heavy atom. The van der Waals surface area contributed by atoms with Crippen molar-refractivity contribution in [2.45, 2.75) is 43.3 Å². The molecule has 0 saturated carbocycles. The molecule has 0 spiro atoms. The van der Waals surface area contributed by atoms with Crippen LogP contribution >= 0.6 is 23.4 Å². The number of nitrogen functional groups attached to an aromatic ring is 2. The number of aryl methyl sites for hydroxylation is 1. The van der Waals surface area contributed by atoms with Gasteiger partial charge in [-0.25, -0.2) is 9.47 Å². The lowest BCUT2D eigenvalue weighted by Gasteiger charge is -2.12. The lowest BCUT2D eigenvalue weighted by atomic mass is 10.2. The van der Waals surface area contributed by atoms with Crippen LogP contribution in [0.2, 0.25) is 5.02 Å². The number of hydrogen-bond acceptors (Lipinski definition) is 7. The van der Waals surface area contributed by atoms with E-state index in [0.717, 1.165) is 0 Å². The Morgan fingerprint density at radius 2 is 2.13 bits per heavy atom. The second-order valence-corrected chi connectivity index (χ2v) is 6.44. The molecule has 7 nitrogen and oxygen atoms in total. The summed E-state index contributed by atoms with van der Waals surface area (Å²) in [6.07, 6.45) is 0.438. The number of carbonyl (C=O) groups excluding carboxylic acids is 1.